The third-order valence-corrected chi connectivity index (χ3v) is 4.62. The first-order valence-electron chi connectivity index (χ1n) is 7.88. The number of hydrogen-bond donors (Lipinski definition) is 0. The van der Waals surface area contributed by atoms with Gasteiger partial charge in [-0.1, -0.05) is 23.7 Å². The highest BCUT2D eigenvalue weighted by Gasteiger charge is 2.32. The number of hydrogen-bond acceptors (Lipinski definition) is 2. The average molecular weight is 370 g/mol. The van der Waals surface area contributed by atoms with Crippen molar-refractivity contribution in [3.8, 4) is 0 Å². The maximum absolute atomic E-state index is 12.9. The van der Waals surface area contributed by atoms with Gasteiger partial charge in [-0.15, -0.1) is 0 Å². The van der Waals surface area contributed by atoms with E-state index in [0.29, 0.717) is 22.4 Å². The van der Waals surface area contributed by atoms with Crippen LogP contribution in [0.3, 0.4) is 0 Å². The van der Waals surface area contributed by atoms with Crippen LogP contribution in [0.5, 0.6) is 0 Å². The molecule has 0 amide bonds. The molecule has 2 aromatic rings. The molecule has 1 aromatic carbocycles. The van der Waals surface area contributed by atoms with Crippen LogP contribution in [0.1, 0.15) is 39.9 Å². The molecule has 25 heavy (non-hydrogen) atoms. The number of nitrogens with zero attached hydrogens (tertiary/aromatic N) is 1. The van der Waals surface area contributed by atoms with Crippen LogP contribution >= 0.6 is 11.6 Å². The van der Waals surface area contributed by atoms with E-state index in [2.05, 4.69) is 0 Å². The molecule has 0 aliphatic heterocycles. The predicted octanol–water partition coefficient (Wildman–Crippen LogP) is 4.28. The molecular formula is C18H15ClF3NO2. The number of Topliss-reactive ketones (excluding diaryl/α,β-unsaturated/α-hetero) is 1. The van der Waals surface area contributed by atoms with Crippen molar-refractivity contribution in [2.45, 2.75) is 38.4 Å². The summed E-state index contributed by atoms with van der Waals surface area (Å²) in [5.41, 5.74) is 0.797. The van der Waals surface area contributed by atoms with Crippen molar-refractivity contribution in [2.75, 3.05) is 0 Å². The Morgan fingerprint density at radius 2 is 1.80 bits per heavy atom. The minimum Gasteiger partial charge on any atom is -0.306 e. The Bertz CT molecular complexity index is 887. The van der Waals surface area contributed by atoms with E-state index in [9.17, 15) is 22.8 Å². The summed E-state index contributed by atoms with van der Waals surface area (Å²) in [6, 6.07) is 5.89. The van der Waals surface area contributed by atoms with Crippen LogP contribution in [-0.4, -0.2) is 10.4 Å². The van der Waals surface area contributed by atoms with E-state index >= 15 is 0 Å². The zero-order valence-corrected chi connectivity index (χ0v) is 14.0. The first kappa shape index (κ1) is 17.7. The topological polar surface area (TPSA) is 39.1 Å². The van der Waals surface area contributed by atoms with Gasteiger partial charge in [0.1, 0.15) is 5.02 Å². The van der Waals surface area contributed by atoms with Gasteiger partial charge in [-0.05, 0) is 48.9 Å². The van der Waals surface area contributed by atoms with Crippen LogP contribution in [-0.2, 0) is 25.6 Å². The molecule has 0 saturated heterocycles. The van der Waals surface area contributed by atoms with Crippen LogP contribution in [0.4, 0.5) is 13.2 Å². The maximum atomic E-state index is 12.9. The van der Waals surface area contributed by atoms with Crippen molar-refractivity contribution in [3.63, 3.8) is 0 Å². The van der Waals surface area contributed by atoms with Gasteiger partial charge in [-0.25, -0.2) is 0 Å². The first-order chi connectivity index (χ1) is 11.8. The predicted molar refractivity (Wildman–Crippen MR) is 88.1 cm³/mol. The molecule has 1 aromatic heterocycles. The van der Waals surface area contributed by atoms with Gasteiger partial charge in [0.05, 0.1) is 12.1 Å². The molecule has 3 rings (SSSR count). The second-order valence-corrected chi connectivity index (χ2v) is 6.53. The van der Waals surface area contributed by atoms with E-state index in [1.807, 2.05) is 6.07 Å². The van der Waals surface area contributed by atoms with E-state index < -0.39 is 34.6 Å². The largest absolute Gasteiger partial charge is 0.417 e. The van der Waals surface area contributed by atoms with Crippen LogP contribution in [0, 0.1) is 0 Å². The molecule has 1 aliphatic rings. The Balaban J connectivity index is 1.91. The number of aryl methyl sites for hydroxylation is 2. The number of halogens is 4. The molecule has 7 heteroatoms. The molecule has 0 N–H and O–H groups in total. The lowest BCUT2D eigenvalue weighted by Gasteiger charge is -2.16. The second-order valence-electron chi connectivity index (χ2n) is 6.12. The Hall–Kier alpha value is -2.08. The molecule has 3 nitrogen and oxygen atoms in total. The number of fused-ring (bicyclic) bond motifs is 1. The summed E-state index contributed by atoms with van der Waals surface area (Å²) in [7, 11) is 0. The van der Waals surface area contributed by atoms with E-state index in [0.717, 1.165) is 31.2 Å². The van der Waals surface area contributed by atoms with Crippen molar-refractivity contribution in [2.24, 2.45) is 0 Å². The summed E-state index contributed by atoms with van der Waals surface area (Å²) < 4.78 is 39.3. The molecule has 1 heterocycles. The van der Waals surface area contributed by atoms with Gasteiger partial charge in [0.25, 0.3) is 5.56 Å². The van der Waals surface area contributed by atoms with E-state index in [4.69, 9.17) is 11.6 Å². The summed E-state index contributed by atoms with van der Waals surface area (Å²) in [5, 5.41) is -0.562. The zero-order valence-electron chi connectivity index (χ0n) is 13.2. The molecule has 132 valence electrons. The quantitative estimate of drug-likeness (QED) is 0.757. The van der Waals surface area contributed by atoms with Crippen molar-refractivity contribution < 1.29 is 18.0 Å². The van der Waals surface area contributed by atoms with Gasteiger partial charge in [-0.3, -0.25) is 9.59 Å². The summed E-state index contributed by atoms with van der Waals surface area (Å²) in [5.74, 6) is -0.425. The molecule has 0 bridgehead atoms. The number of benzene rings is 1. The lowest BCUT2D eigenvalue weighted by atomic mass is 9.90. The fraction of sp³-hybridized carbons (Fsp3) is 0.333. The number of alkyl halides is 3. The molecule has 0 atom stereocenters. The lowest BCUT2D eigenvalue weighted by Crippen LogP contribution is -2.26. The van der Waals surface area contributed by atoms with Crippen LogP contribution in [0.2, 0.25) is 5.02 Å². The van der Waals surface area contributed by atoms with Gasteiger partial charge in [0, 0.05) is 11.8 Å². The van der Waals surface area contributed by atoms with E-state index in [1.165, 1.54) is 5.56 Å². The highest BCUT2D eigenvalue weighted by atomic mass is 35.5. The molecule has 1 aliphatic carbocycles. The highest BCUT2D eigenvalue weighted by Crippen LogP contribution is 2.29. The van der Waals surface area contributed by atoms with Gasteiger partial charge in [0.15, 0.2) is 5.78 Å². The van der Waals surface area contributed by atoms with Crippen LogP contribution in [0.25, 0.3) is 0 Å². The summed E-state index contributed by atoms with van der Waals surface area (Å²) in [6.45, 7) is -0.485. The second kappa shape index (κ2) is 6.67. The number of pyridine rings is 1. The Morgan fingerprint density at radius 3 is 2.48 bits per heavy atom. The molecule has 0 spiro atoms. The first-order valence-corrected chi connectivity index (χ1v) is 8.25. The van der Waals surface area contributed by atoms with Gasteiger partial charge < -0.3 is 4.57 Å². The fourth-order valence-corrected chi connectivity index (χ4v) is 3.25. The Kier molecular flexibility index (Phi) is 4.73. The number of aromatic nitrogens is 1. The Morgan fingerprint density at radius 1 is 1.12 bits per heavy atom. The van der Waals surface area contributed by atoms with Gasteiger partial charge in [0.2, 0.25) is 0 Å². The van der Waals surface area contributed by atoms with Crippen molar-refractivity contribution >= 4 is 17.4 Å². The zero-order chi connectivity index (χ0) is 18.2. The molecule has 0 saturated carbocycles. The third kappa shape index (κ3) is 3.79. The summed E-state index contributed by atoms with van der Waals surface area (Å²) in [6.07, 6.45) is -0.0114. The van der Waals surface area contributed by atoms with Crippen molar-refractivity contribution in [3.05, 3.63) is 68.1 Å². The van der Waals surface area contributed by atoms with E-state index in [-0.39, 0.29) is 0 Å². The Labute approximate surface area is 147 Å². The van der Waals surface area contributed by atoms with Crippen LogP contribution in [0.15, 0.2) is 35.3 Å². The molecule has 0 radical (unpaired) electrons. The lowest BCUT2D eigenvalue weighted by molar-refractivity contribution is -0.138. The monoisotopic (exact) mass is 369 g/mol. The summed E-state index contributed by atoms with van der Waals surface area (Å²) in [4.78, 5) is 24.4. The minimum absolute atomic E-state index is 0.390. The fourth-order valence-electron chi connectivity index (χ4n) is 3.02. The van der Waals surface area contributed by atoms with Gasteiger partial charge >= 0.3 is 6.18 Å². The molecule has 0 fully saturated rings. The number of carbonyl (C=O) groups excluding carboxylic acids is 1. The smallest absolute Gasteiger partial charge is 0.306 e. The minimum atomic E-state index is -4.64. The number of carbonyl (C=O) groups is 1. The van der Waals surface area contributed by atoms with Crippen molar-refractivity contribution in [1.29, 1.82) is 0 Å². The van der Waals surface area contributed by atoms with Crippen LogP contribution < -0.4 is 5.56 Å². The molecule has 0 unspecified atom stereocenters. The number of ketones is 1. The van der Waals surface area contributed by atoms with E-state index in [1.54, 1.807) is 12.1 Å². The normalized spacial score (nSPS) is 14.2. The summed E-state index contributed by atoms with van der Waals surface area (Å²) >= 11 is 5.60. The SMILES string of the molecule is O=C(Cn1cc(C(F)(F)F)cc(Cl)c1=O)c1ccc2c(c1)CCCC2. The number of rotatable bonds is 3. The van der Waals surface area contributed by atoms with Crippen molar-refractivity contribution in [1.82, 2.24) is 4.57 Å². The average Bonchev–Trinajstić information content (AvgIpc) is 2.57. The highest BCUT2D eigenvalue weighted by molar-refractivity contribution is 6.30. The maximum Gasteiger partial charge on any atom is 0.417 e. The third-order valence-electron chi connectivity index (χ3n) is 4.35. The standard InChI is InChI=1S/C18H15ClF3NO2/c19-15-8-14(18(20,21)22)9-23(17(15)25)10-16(24)13-6-5-11-3-1-2-4-12(11)7-13/h5-9H,1-4,10H2. The van der Waals surface area contributed by atoms with Gasteiger partial charge in [-0.2, -0.15) is 13.2 Å². The molecular weight excluding hydrogens is 355 g/mol.